The number of aromatic nitrogens is 3. The maximum atomic E-state index is 13.4. The monoisotopic (exact) mass is 381 g/mol. The van der Waals surface area contributed by atoms with Gasteiger partial charge in [-0.3, -0.25) is 4.98 Å². The first-order chi connectivity index (χ1) is 12.0. The molecule has 0 N–H and O–H groups in total. The fraction of sp³-hybridized carbons (Fsp3) is 0.444. The van der Waals surface area contributed by atoms with Gasteiger partial charge in [-0.2, -0.15) is 18.3 Å². The summed E-state index contributed by atoms with van der Waals surface area (Å²) in [6, 6.07) is 4.45. The van der Waals surface area contributed by atoms with E-state index in [9.17, 15) is 13.2 Å². The van der Waals surface area contributed by atoms with E-state index < -0.39 is 26.2 Å². The van der Waals surface area contributed by atoms with Crippen LogP contribution in [0.1, 0.15) is 31.3 Å². The SMILES string of the molecule is CCOC(C)n1nc(-c2ncccc2C#C[Si](C)(C)C)cc1C(F)(F)F. The molecule has 0 saturated heterocycles. The van der Waals surface area contributed by atoms with E-state index in [0.717, 1.165) is 10.7 Å². The van der Waals surface area contributed by atoms with Crippen LogP contribution in [0.25, 0.3) is 11.4 Å². The Balaban J connectivity index is 2.58. The van der Waals surface area contributed by atoms with Gasteiger partial charge < -0.3 is 4.74 Å². The minimum atomic E-state index is -4.55. The van der Waals surface area contributed by atoms with Crippen LogP contribution in [0.15, 0.2) is 24.4 Å². The molecule has 0 aliphatic rings. The number of halogens is 3. The molecule has 0 spiro atoms. The van der Waals surface area contributed by atoms with Crippen molar-refractivity contribution in [2.45, 2.75) is 45.9 Å². The molecule has 0 saturated carbocycles. The lowest BCUT2D eigenvalue weighted by atomic mass is 10.1. The van der Waals surface area contributed by atoms with Gasteiger partial charge in [0, 0.05) is 12.8 Å². The van der Waals surface area contributed by atoms with Crippen molar-refractivity contribution < 1.29 is 17.9 Å². The highest BCUT2D eigenvalue weighted by atomic mass is 28.3. The van der Waals surface area contributed by atoms with Crippen molar-refractivity contribution in [1.29, 1.82) is 0 Å². The molecule has 2 rings (SSSR count). The van der Waals surface area contributed by atoms with Crippen LogP contribution < -0.4 is 0 Å². The molecular formula is C18H22F3N3OSi. The zero-order valence-electron chi connectivity index (χ0n) is 15.5. The summed E-state index contributed by atoms with van der Waals surface area (Å²) in [5.41, 5.74) is 3.37. The Morgan fingerprint density at radius 3 is 2.58 bits per heavy atom. The smallest absolute Gasteiger partial charge is 0.357 e. The Hall–Kier alpha value is -2.11. The normalized spacial score (nSPS) is 13.2. The second-order valence-corrected chi connectivity index (χ2v) is 11.6. The molecule has 2 aromatic heterocycles. The van der Waals surface area contributed by atoms with E-state index in [1.54, 1.807) is 19.1 Å². The second-order valence-electron chi connectivity index (χ2n) is 6.81. The summed E-state index contributed by atoms with van der Waals surface area (Å²) in [4.78, 5) is 4.22. The van der Waals surface area contributed by atoms with Gasteiger partial charge in [0.25, 0.3) is 0 Å². The van der Waals surface area contributed by atoms with Crippen LogP contribution in [-0.2, 0) is 10.9 Å². The third-order valence-corrected chi connectivity index (χ3v) is 4.28. The highest BCUT2D eigenvalue weighted by Crippen LogP contribution is 2.34. The molecule has 0 radical (unpaired) electrons. The first-order valence-corrected chi connectivity index (χ1v) is 11.8. The molecule has 0 aliphatic heterocycles. The van der Waals surface area contributed by atoms with Crippen LogP contribution >= 0.6 is 0 Å². The molecule has 0 aliphatic carbocycles. The Labute approximate surface area is 152 Å². The van der Waals surface area contributed by atoms with Gasteiger partial charge in [0.1, 0.15) is 31.4 Å². The van der Waals surface area contributed by atoms with Crippen LogP contribution in [0.3, 0.4) is 0 Å². The Morgan fingerprint density at radius 1 is 1.31 bits per heavy atom. The van der Waals surface area contributed by atoms with Gasteiger partial charge >= 0.3 is 6.18 Å². The summed E-state index contributed by atoms with van der Waals surface area (Å²) in [7, 11) is -1.64. The van der Waals surface area contributed by atoms with Crippen LogP contribution in [-0.4, -0.2) is 29.4 Å². The summed E-state index contributed by atoms with van der Waals surface area (Å²) >= 11 is 0. The molecule has 0 aromatic carbocycles. The van der Waals surface area contributed by atoms with Crippen molar-refractivity contribution >= 4 is 8.07 Å². The predicted molar refractivity (Wildman–Crippen MR) is 97.0 cm³/mol. The number of alkyl halides is 3. The Bertz CT molecular complexity index is 829. The van der Waals surface area contributed by atoms with Gasteiger partial charge in [0.05, 0.1) is 5.56 Å². The zero-order chi connectivity index (χ0) is 19.5. The molecule has 2 aromatic rings. The molecule has 2 heterocycles. The maximum Gasteiger partial charge on any atom is 0.433 e. The topological polar surface area (TPSA) is 39.9 Å². The minimum absolute atomic E-state index is 0.129. The molecule has 140 valence electrons. The van der Waals surface area contributed by atoms with E-state index in [0.29, 0.717) is 11.3 Å². The molecule has 0 bridgehead atoms. The molecular weight excluding hydrogens is 359 g/mol. The highest BCUT2D eigenvalue weighted by Gasteiger charge is 2.37. The third kappa shape index (κ3) is 4.96. The average Bonchev–Trinajstić information content (AvgIpc) is 2.98. The summed E-state index contributed by atoms with van der Waals surface area (Å²) in [6.45, 7) is 9.81. The van der Waals surface area contributed by atoms with Gasteiger partial charge in [-0.1, -0.05) is 25.6 Å². The second kappa shape index (κ2) is 7.64. The third-order valence-electron chi connectivity index (χ3n) is 3.40. The largest absolute Gasteiger partial charge is 0.433 e. The van der Waals surface area contributed by atoms with E-state index in [2.05, 4.69) is 41.2 Å². The zero-order valence-corrected chi connectivity index (χ0v) is 16.5. The molecule has 4 nitrogen and oxygen atoms in total. The summed E-state index contributed by atoms with van der Waals surface area (Å²) < 4.78 is 46.4. The lowest BCUT2D eigenvalue weighted by Gasteiger charge is -2.16. The Morgan fingerprint density at radius 2 is 2.00 bits per heavy atom. The summed E-state index contributed by atoms with van der Waals surface area (Å²) in [6.07, 6.45) is -3.87. The molecule has 1 unspecified atom stereocenters. The Kier molecular flexibility index (Phi) is 5.93. The number of hydrogen-bond donors (Lipinski definition) is 0. The number of pyridine rings is 1. The predicted octanol–water partition coefficient (Wildman–Crippen LogP) is 4.75. The molecule has 26 heavy (non-hydrogen) atoms. The highest BCUT2D eigenvalue weighted by molar-refractivity contribution is 6.83. The average molecular weight is 381 g/mol. The number of hydrogen-bond acceptors (Lipinski definition) is 3. The van der Waals surface area contributed by atoms with Crippen LogP contribution in [0.2, 0.25) is 19.6 Å². The van der Waals surface area contributed by atoms with Gasteiger partial charge in [-0.15, -0.1) is 5.54 Å². The minimum Gasteiger partial charge on any atom is -0.357 e. The fourth-order valence-electron chi connectivity index (χ4n) is 2.28. The van der Waals surface area contributed by atoms with E-state index in [4.69, 9.17) is 4.74 Å². The van der Waals surface area contributed by atoms with Gasteiger partial charge in [-0.05, 0) is 32.0 Å². The van der Waals surface area contributed by atoms with Crippen LogP contribution in [0.5, 0.6) is 0 Å². The molecule has 1 atom stereocenters. The maximum absolute atomic E-state index is 13.4. The lowest BCUT2D eigenvalue weighted by molar-refractivity contribution is -0.149. The van der Waals surface area contributed by atoms with E-state index in [1.807, 2.05) is 0 Å². The van der Waals surface area contributed by atoms with Crippen molar-refractivity contribution in [2.75, 3.05) is 6.61 Å². The van der Waals surface area contributed by atoms with Gasteiger partial charge in [-0.25, -0.2) is 4.68 Å². The quantitative estimate of drug-likeness (QED) is 0.567. The molecule has 8 heteroatoms. The first kappa shape index (κ1) is 20.2. The first-order valence-electron chi connectivity index (χ1n) is 8.30. The van der Waals surface area contributed by atoms with E-state index >= 15 is 0 Å². The number of ether oxygens (including phenoxy) is 1. The van der Waals surface area contributed by atoms with Crippen LogP contribution in [0.4, 0.5) is 13.2 Å². The standard InChI is InChI=1S/C18H22F3N3OSi/c1-6-25-13(2)24-16(18(19,20)21)12-15(23-24)17-14(8-7-10-22-17)9-11-26(3,4)5/h7-8,10,12-13H,6H2,1-5H3. The lowest BCUT2D eigenvalue weighted by Crippen LogP contribution is -2.19. The fourth-order valence-corrected chi connectivity index (χ4v) is 2.79. The van der Waals surface area contributed by atoms with Crippen molar-refractivity contribution in [3.05, 3.63) is 35.7 Å². The van der Waals surface area contributed by atoms with Crippen molar-refractivity contribution in [3.8, 4) is 22.9 Å². The van der Waals surface area contributed by atoms with Gasteiger partial charge in [0.2, 0.25) is 0 Å². The van der Waals surface area contributed by atoms with Crippen LogP contribution in [0, 0.1) is 11.5 Å². The number of nitrogens with zero attached hydrogens (tertiary/aromatic N) is 3. The van der Waals surface area contributed by atoms with Gasteiger partial charge in [0.15, 0.2) is 0 Å². The van der Waals surface area contributed by atoms with Crippen molar-refractivity contribution in [3.63, 3.8) is 0 Å². The van der Waals surface area contributed by atoms with E-state index in [-0.39, 0.29) is 12.3 Å². The van der Waals surface area contributed by atoms with Crippen molar-refractivity contribution in [2.24, 2.45) is 0 Å². The van der Waals surface area contributed by atoms with E-state index in [1.165, 1.54) is 13.1 Å². The molecule has 0 fully saturated rings. The number of rotatable bonds is 4. The van der Waals surface area contributed by atoms with Crippen molar-refractivity contribution in [1.82, 2.24) is 14.8 Å². The summed E-state index contributed by atoms with van der Waals surface area (Å²) in [5.74, 6) is 3.06. The molecule has 0 amide bonds. The summed E-state index contributed by atoms with van der Waals surface area (Å²) in [5, 5.41) is 4.12.